The van der Waals surface area contributed by atoms with Crippen LogP contribution in [0.2, 0.25) is 0 Å². The van der Waals surface area contributed by atoms with Crippen LogP contribution in [0, 0.1) is 0 Å². The first-order chi connectivity index (χ1) is 8.98. The summed E-state index contributed by atoms with van der Waals surface area (Å²) in [4.78, 5) is 0.321. The lowest BCUT2D eigenvalue weighted by atomic mass is 10.3. The van der Waals surface area contributed by atoms with Gasteiger partial charge in [0.05, 0.1) is 10.1 Å². The van der Waals surface area contributed by atoms with Crippen LogP contribution >= 0.6 is 0 Å². The van der Waals surface area contributed by atoms with Crippen molar-refractivity contribution in [2.24, 2.45) is 0 Å². The van der Waals surface area contributed by atoms with Crippen LogP contribution in [0.3, 0.4) is 0 Å². The second-order valence-electron chi connectivity index (χ2n) is 4.67. The molecule has 0 spiro atoms. The fraction of sp³-hybridized carbons (Fsp3) is 0.571. The lowest BCUT2D eigenvalue weighted by molar-refractivity contribution is 0.313. The van der Waals surface area contributed by atoms with Gasteiger partial charge in [0.2, 0.25) is 0 Å². The smallest absolute Gasteiger partial charge is 0.180 e. The van der Waals surface area contributed by atoms with Crippen LogP contribution in [-0.2, 0) is 9.84 Å². The van der Waals surface area contributed by atoms with Gasteiger partial charge >= 0.3 is 0 Å². The average Bonchev–Trinajstić information content (AvgIpc) is 2.38. The third kappa shape index (κ3) is 4.84. The molecular formula is C14H25NO3S. The summed E-state index contributed by atoms with van der Waals surface area (Å²) in [6, 6.07) is 6.69. The summed E-state index contributed by atoms with van der Waals surface area (Å²) < 4.78 is 29.6. The molecular weight excluding hydrogens is 262 g/mol. The molecule has 19 heavy (non-hydrogen) atoms. The molecule has 0 heterocycles. The Balaban J connectivity index is 0.00000361. The van der Waals surface area contributed by atoms with Crippen molar-refractivity contribution in [1.82, 2.24) is 5.32 Å². The van der Waals surface area contributed by atoms with Crippen molar-refractivity contribution >= 4 is 9.84 Å². The Labute approximate surface area is 117 Å². The van der Waals surface area contributed by atoms with Crippen molar-refractivity contribution in [3.63, 3.8) is 0 Å². The molecule has 0 amide bonds. The third-order valence-electron chi connectivity index (χ3n) is 2.73. The minimum Gasteiger partial charge on any atom is -0.492 e. The van der Waals surface area contributed by atoms with Crippen molar-refractivity contribution in [2.45, 2.75) is 37.3 Å². The standard InChI is InChI=1S/C14H23NO3S.H2/c1-4-8-15-9-10-18-13-6-5-7-14(11-13)19(16,17)12(2)3;/h5-7,11-12,15H,4,8-10H2,1-3H3;1H. The maximum absolute atomic E-state index is 12.0. The molecule has 0 aliphatic rings. The highest BCUT2D eigenvalue weighted by Gasteiger charge is 2.19. The lowest BCUT2D eigenvalue weighted by Gasteiger charge is -2.11. The van der Waals surface area contributed by atoms with E-state index < -0.39 is 15.1 Å². The molecule has 0 radical (unpaired) electrons. The Kier molecular flexibility index (Phi) is 6.31. The predicted octanol–water partition coefficient (Wildman–Crippen LogP) is 2.49. The Bertz CT molecular complexity index is 489. The van der Waals surface area contributed by atoms with Crippen LogP contribution in [0.5, 0.6) is 5.75 Å². The van der Waals surface area contributed by atoms with E-state index in [2.05, 4.69) is 12.2 Å². The lowest BCUT2D eigenvalue weighted by Crippen LogP contribution is -2.21. The molecule has 110 valence electrons. The molecule has 1 N–H and O–H groups in total. The number of rotatable bonds is 8. The highest BCUT2D eigenvalue weighted by Crippen LogP contribution is 2.21. The molecule has 1 aromatic carbocycles. The van der Waals surface area contributed by atoms with E-state index in [-0.39, 0.29) is 1.43 Å². The van der Waals surface area contributed by atoms with Crippen molar-refractivity contribution in [1.29, 1.82) is 0 Å². The van der Waals surface area contributed by atoms with E-state index in [1.807, 2.05) is 0 Å². The van der Waals surface area contributed by atoms with Gasteiger partial charge in [-0.3, -0.25) is 0 Å². The van der Waals surface area contributed by atoms with Gasteiger partial charge in [0.15, 0.2) is 9.84 Å². The van der Waals surface area contributed by atoms with E-state index in [0.29, 0.717) is 17.3 Å². The Morgan fingerprint density at radius 2 is 2.05 bits per heavy atom. The molecule has 0 saturated heterocycles. The van der Waals surface area contributed by atoms with E-state index in [9.17, 15) is 8.42 Å². The average molecular weight is 287 g/mol. The van der Waals surface area contributed by atoms with E-state index >= 15 is 0 Å². The molecule has 0 atom stereocenters. The third-order valence-corrected chi connectivity index (χ3v) is 4.88. The SMILES string of the molecule is CCCNCCOc1cccc(S(=O)(=O)C(C)C)c1.[HH]. The number of hydrogen-bond acceptors (Lipinski definition) is 4. The highest BCUT2D eigenvalue weighted by atomic mass is 32.2. The second kappa shape index (κ2) is 7.50. The quantitative estimate of drug-likeness (QED) is 0.746. The minimum atomic E-state index is -3.23. The van der Waals surface area contributed by atoms with Gasteiger partial charge in [0.1, 0.15) is 12.4 Å². The Morgan fingerprint density at radius 1 is 1.32 bits per heavy atom. The summed E-state index contributed by atoms with van der Waals surface area (Å²) in [7, 11) is -3.23. The number of ether oxygens (including phenoxy) is 1. The topological polar surface area (TPSA) is 55.4 Å². The predicted molar refractivity (Wildman–Crippen MR) is 79.5 cm³/mol. The zero-order chi connectivity index (χ0) is 14.3. The van der Waals surface area contributed by atoms with E-state index in [1.165, 1.54) is 0 Å². The van der Waals surface area contributed by atoms with Crippen molar-refractivity contribution in [3.8, 4) is 5.75 Å². The Hall–Kier alpha value is -1.07. The summed E-state index contributed by atoms with van der Waals surface area (Å²) in [5.74, 6) is 0.597. The summed E-state index contributed by atoms with van der Waals surface area (Å²) in [5, 5.41) is 2.80. The molecule has 0 aromatic heterocycles. The van der Waals surface area contributed by atoms with Crippen molar-refractivity contribution in [3.05, 3.63) is 24.3 Å². The van der Waals surface area contributed by atoms with Gasteiger partial charge in [-0.25, -0.2) is 8.42 Å². The van der Waals surface area contributed by atoms with Crippen LogP contribution in [-0.4, -0.2) is 33.4 Å². The summed E-state index contributed by atoms with van der Waals surface area (Å²) in [5.41, 5.74) is 0. The fourth-order valence-electron chi connectivity index (χ4n) is 1.56. The van der Waals surface area contributed by atoms with Gasteiger partial charge in [0.25, 0.3) is 0 Å². The highest BCUT2D eigenvalue weighted by molar-refractivity contribution is 7.92. The molecule has 1 rings (SSSR count). The summed E-state index contributed by atoms with van der Waals surface area (Å²) in [6.45, 7) is 7.72. The molecule has 0 aliphatic heterocycles. The van der Waals surface area contributed by atoms with Gasteiger partial charge in [-0.2, -0.15) is 0 Å². The molecule has 5 heteroatoms. The van der Waals surface area contributed by atoms with Crippen LogP contribution < -0.4 is 10.1 Å². The van der Waals surface area contributed by atoms with Crippen LogP contribution in [0.1, 0.15) is 28.6 Å². The normalized spacial score (nSPS) is 11.8. The van der Waals surface area contributed by atoms with E-state index in [1.54, 1.807) is 38.1 Å². The van der Waals surface area contributed by atoms with Gasteiger partial charge in [0, 0.05) is 7.97 Å². The van der Waals surface area contributed by atoms with E-state index in [4.69, 9.17) is 4.74 Å². The maximum atomic E-state index is 12.0. The molecule has 0 unspecified atom stereocenters. The first-order valence-electron chi connectivity index (χ1n) is 6.66. The first-order valence-corrected chi connectivity index (χ1v) is 8.20. The molecule has 4 nitrogen and oxygen atoms in total. The first kappa shape index (κ1) is 16.0. The number of nitrogens with one attached hydrogen (secondary N) is 1. The van der Waals surface area contributed by atoms with Crippen LogP contribution in [0.15, 0.2) is 29.2 Å². The van der Waals surface area contributed by atoms with Gasteiger partial charge in [-0.05, 0) is 45.0 Å². The zero-order valence-corrected chi connectivity index (χ0v) is 12.7. The molecule has 1 aromatic rings. The molecule has 0 bridgehead atoms. The summed E-state index contributed by atoms with van der Waals surface area (Å²) in [6.07, 6.45) is 1.09. The summed E-state index contributed by atoms with van der Waals surface area (Å²) >= 11 is 0. The monoisotopic (exact) mass is 287 g/mol. The second-order valence-corrected chi connectivity index (χ2v) is 7.17. The number of benzene rings is 1. The van der Waals surface area contributed by atoms with Gasteiger partial charge < -0.3 is 10.1 Å². The van der Waals surface area contributed by atoms with Crippen LogP contribution in [0.25, 0.3) is 0 Å². The number of sulfone groups is 1. The van der Waals surface area contributed by atoms with Crippen LogP contribution in [0.4, 0.5) is 0 Å². The number of hydrogen-bond donors (Lipinski definition) is 1. The Morgan fingerprint density at radius 3 is 2.68 bits per heavy atom. The minimum absolute atomic E-state index is 0. The largest absolute Gasteiger partial charge is 0.492 e. The fourth-order valence-corrected chi connectivity index (χ4v) is 2.65. The molecule has 0 fully saturated rings. The maximum Gasteiger partial charge on any atom is 0.180 e. The van der Waals surface area contributed by atoms with E-state index in [0.717, 1.165) is 19.5 Å². The van der Waals surface area contributed by atoms with Crippen molar-refractivity contribution in [2.75, 3.05) is 19.7 Å². The molecule has 0 saturated carbocycles. The van der Waals surface area contributed by atoms with Gasteiger partial charge in [-0.1, -0.05) is 13.0 Å². The molecule has 0 aliphatic carbocycles. The zero-order valence-electron chi connectivity index (χ0n) is 11.8. The van der Waals surface area contributed by atoms with Crippen molar-refractivity contribution < 1.29 is 14.6 Å². The van der Waals surface area contributed by atoms with Gasteiger partial charge in [-0.15, -0.1) is 0 Å².